The lowest BCUT2D eigenvalue weighted by atomic mass is 10.1. The minimum Gasteiger partial charge on any atom is -0.493 e. The van der Waals surface area contributed by atoms with Gasteiger partial charge >= 0.3 is 0 Å². The lowest BCUT2D eigenvalue weighted by molar-refractivity contribution is -0.0261. The van der Waals surface area contributed by atoms with Crippen molar-refractivity contribution in [1.29, 1.82) is 0 Å². The second kappa shape index (κ2) is 7.68. The first-order chi connectivity index (χ1) is 13.6. The van der Waals surface area contributed by atoms with Crippen LogP contribution < -0.4 is 19.4 Å². The average molecular weight is 380 g/mol. The molecular formula is C23H26NO4+. The van der Waals surface area contributed by atoms with Gasteiger partial charge in [-0.25, -0.2) is 4.58 Å². The first kappa shape index (κ1) is 18.6. The number of rotatable bonds is 3. The monoisotopic (exact) mass is 380 g/mol. The van der Waals surface area contributed by atoms with E-state index < -0.39 is 0 Å². The third kappa shape index (κ3) is 3.50. The Bertz CT molecular complexity index is 1060. The molecule has 146 valence electrons. The number of ether oxygens (including phenoxy) is 3. The number of hydrogen-bond donors (Lipinski definition) is 0. The van der Waals surface area contributed by atoms with Gasteiger partial charge in [-0.15, -0.1) is 0 Å². The number of methoxy groups -OCH3 is 2. The number of hydrogen-bond acceptors (Lipinski definition) is 4. The maximum atomic E-state index is 6.25. The van der Waals surface area contributed by atoms with Crippen LogP contribution in [0, 0.1) is 0 Å². The maximum absolute atomic E-state index is 6.25. The quantitative estimate of drug-likeness (QED) is 0.650. The number of morpholine rings is 1. The third-order valence-electron chi connectivity index (χ3n) is 5.08. The van der Waals surface area contributed by atoms with Crippen molar-refractivity contribution >= 4 is 11.0 Å². The molecule has 1 aliphatic rings. The van der Waals surface area contributed by atoms with Gasteiger partial charge < -0.3 is 18.6 Å². The van der Waals surface area contributed by atoms with Crippen LogP contribution in [-0.2, 0) is 4.74 Å². The normalized spacial score (nSPS) is 19.6. The SMILES string of the molecule is COc1ccc(-c2cc(=[N+]3C[C@H](C)O[C@@H](C)C3)c3ccccc3o2)cc1OC. The fraction of sp³-hybridized carbons (Fsp3) is 0.348. The highest BCUT2D eigenvalue weighted by Crippen LogP contribution is 2.32. The van der Waals surface area contributed by atoms with Gasteiger partial charge in [-0.2, -0.15) is 0 Å². The van der Waals surface area contributed by atoms with Crippen LogP contribution >= 0.6 is 0 Å². The number of para-hydroxylation sites is 1. The smallest absolute Gasteiger partial charge is 0.214 e. The summed E-state index contributed by atoms with van der Waals surface area (Å²) in [6, 6.07) is 16.1. The van der Waals surface area contributed by atoms with Crippen LogP contribution in [0.4, 0.5) is 0 Å². The van der Waals surface area contributed by atoms with Crippen LogP contribution in [-0.4, -0.2) is 39.5 Å². The van der Waals surface area contributed by atoms with E-state index >= 15 is 0 Å². The molecule has 5 nitrogen and oxygen atoms in total. The average Bonchev–Trinajstić information content (AvgIpc) is 2.71. The molecule has 0 bridgehead atoms. The molecule has 2 atom stereocenters. The lowest BCUT2D eigenvalue weighted by Crippen LogP contribution is -2.47. The Labute approximate surface area is 164 Å². The van der Waals surface area contributed by atoms with Crippen LogP contribution in [0.25, 0.3) is 22.3 Å². The molecule has 0 radical (unpaired) electrons. The molecule has 0 spiro atoms. The van der Waals surface area contributed by atoms with Gasteiger partial charge in [-0.1, -0.05) is 12.1 Å². The maximum Gasteiger partial charge on any atom is 0.214 e. The molecule has 2 aromatic carbocycles. The number of fused-ring (bicyclic) bond motifs is 1. The van der Waals surface area contributed by atoms with Crippen molar-refractivity contribution in [2.45, 2.75) is 26.1 Å². The molecule has 1 aromatic heterocycles. The van der Waals surface area contributed by atoms with E-state index in [1.807, 2.05) is 36.4 Å². The van der Waals surface area contributed by atoms with Gasteiger partial charge in [0, 0.05) is 5.56 Å². The summed E-state index contributed by atoms with van der Waals surface area (Å²) in [6.45, 7) is 5.94. The Hall–Kier alpha value is -2.79. The molecule has 1 saturated heterocycles. The third-order valence-corrected chi connectivity index (χ3v) is 5.08. The molecule has 1 aliphatic heterocycles. The minimum absolute atomic E-state index is 0.184. The fourth-order valence-electron chi connectivity index (χ4n) is 3.89. The second-order valence-electron chi connectivity index (χ2n) is 7.22. The second-order valence-corrected chi connectivity index (χ2v) is 7.22. The van der Waals surface area contributed by atoms with Crippen LogP contribution in [0.2, 0.25) is 0 Å². The molecule has 1 fully saturated rings. The molecular weight excluding hydrogens is 354 g/mol. The molecule has 3 aromatic rings. The topological polar surface area (TPSA) is 43.8 Å². The van der Waals surface area contributed by atoms with Crippen LogP contribution in [0.3, 0.4) is 0 Å². The lowest BCUT2D eigenvalue weighted by Gasteiger charge is -2.23. The van der Waals surface area contributed by atoms with Crippen LogP contribution in [0.1, 0.15) is 13.8 Å². The van der Waals surface area contributed by atoms with Crippen molar-refractivity contribution in [3.8, 4) is 22.8 Å². The van der Waals surface area contributed by atoms with Crippen LogP contribution in [0.5, 0.6) is 11.5 Å². The van der Waals surface area contributed by atoms with Gasteiger partial charge in [0.25, 0.3) is 0 Å². The van der Waals surface area contributed by atoms with E-state index in [1.54, 1.807) is 14.2 Å². The van der Waals surface area contributed by atoms with E-state index in [4.69, 9.17) is 18.6 Å². The molecule has 0 unspecified atom stereocenters. The Morgan fingerprint density at radius 1 is 0.893 bits per heavy atom. The van der Waals surface area contributed by atoms with Gasteiger partial charge in [0.15, 0.2) is 24.6 Å². The Balaban J connectivity index is 1.95. The van der Waals surface area contributed by atoms with Crippen LogP contribution in [0.15, 0.2) is 52.9 Å². The highest BCUT2D eigenvalue weighted by Gasteiger charge is 2.26. The number of nitrogens with zero attached hydrogens (tertiary/aromatic N) is 1. The summed E-state index contributed by atoms with van der Waals surface area (Å²) >= 11 is 0. The first-order valence-electron chi connectivity index (χ1n) is 9.57. The number of benzene rings is 2. The van der Waals surface area contributed by atoms with E-state index in [0.29, 0.717) is 11.5 Å². The highest BCUT2D eigenvalue weighted by atomic mass is 16.5. The summed E-state index contributed by atoms with van der Waals surface area (Å²) in [5, 5.41) is 2.27. The van der Waals surface area contributed by atoms with E-state index in [1.165, 1.54) is 0 Å². The molecule has 0 saturated carbocycles. The van der Waals surface area contributed by atoms with E-state index in [2.05, 4.69) is 30.6 Å². The zero-order chi connectivity index (χ0) is 19.7. The Kier molecular flexibility index (Phi) is 5.09. The molecule has 0 amide bonds. The van der Waals surface area contributed by atoms with Crippen molar-refractivity contribution in [2.24, 2.45) is 0 Å². The first-order valence-corrected chi connectivity index (χ1v) is 9.57. The molecule has 0 N–H and O–H groups in total. The standard InChI is InChI=1S/C23H26NO4/c1-15-13-24(14-16(2)27-15)19-12-22(28-20-8-6-5-7-18(19)20)17-9-10-21(25-3)23(11-17)26-4/h5-12,15-16H,13-14H2,1-4H3/q+1/t15-,16-/m0/s1. The zero-order valence-electron chi connectivity index (χ0n) is 16.8. The van der Waals surface area contributed by atoms with Gasteiger partial charge in [-0.3, -0.25) is 0 Å². The summed E-state index contributed by atoms with van der Waals surface area (Å²) in [5.74, 6) is 2.17. The van der Waals surface area contributed by atoms with Crippen molar-refractivity contribution in [2.75, 3.05) is 27.3 Å². The summed E-state index contributed by atoms with van der Waals surface area (Å²) in [6.07, 6.45) is 0.369. The zero-order valence-corrected chi connectivity index (χ0v) is 16.8. The molecule has 4 rings (SSSR count). The van der Waals surface area contributed by atoms with Gasteiger partial charge in [-0.05, 0) is 44.2 Å². The summed E-state index contributed by atoms with van der Waals surface area (Å²) in [5.41, 5.74) is 1.80. The molecule has 5 heteroatoms. The van der Waals surface area contributed by atoms with E-state index in [-0.39, 0.29) is 12.2 Å². The summed E-state index contributed by atoms with van der Waals surface area (Å²) in [7, 11) is 3.28. The molecule has 0 aliphatic carbocycles. The Morgan fingerprint density at radius 2 is 1.61 bits per heavy atom. The summed E-state index contributed by atoms with van der Waals surface area (Å²) < 4.78 is 25.4. The highest BCUT2D eigenvalue weighted by molar-refractivity contribution is 5.78. The fourth-order valence-corrected chi connectivity index (χ4v) is 3.89. The van der Waals surface area contributed by atoms with E-state index in [0.717, 1.165) is 40.7 Å². The largest absolute Gasteiger partial charge is 0.493 e. The summed E-state index contributed by atoms with van der Waals surface area (Å²) in [4.78, 5) is 0. The molecule has 28 heavy (non-hydrogen) atoms. The van der Waals surface area contributed by atoms with Crippen molar-refractivity contribution in [3.05, 3.63) is 53.9 Å². The van der Waals surface area contributed by atoms with Crippen molar-refractivity contribution < 1.29 is 18.6 Å². The van der Waals surface area contributed by atoms with E-state index in [9.17, 15) is 0 Å². The predicted molar refractivity (Wildman–Crippen MR) is 110 cm³/mol. The molecule has 2 heterocycles. The van der Waals surface area contributed by atoms with Gasteiger partial charge in [0.2, 0.25) is 5.36 Å². The predicted octanol–water partition coefficient (Wildman–Crippen LogP) is 3.70. The van der Waals surface area contributed by atoms with Gasteiger partial charge in [0.05, 0.1) is 25.7 Å². The minimum atomic E-state index is 0.184. The van der Waals surface area contributed by atoms with Gasteiger partial charge in [0.1, 0.15) is 23.6 Å². The van der Waals surface area contributed by atoms with Crippen molar-refractivity contribution in [3.63, 3.8) is 0 Å². The Morgan fingerprint density at radius 3 is 2.32 bits per heavy atom. The van der Waals surface area contributed by atoms with Crippen molar-refractivity contribution in [1.82, 2.24) is 4.58 Å².